The first kappa shape index (κ1) is 20.0. The van der Waals surface area contributed by atoms with E-state index in [0.29, 0.717) is 11.3 Å². The molecular weight excluding hydrogens is 377 g/mol. The number of para-hydroxylation sites is 1. The van der Waals surface area contributed by atoms with Crippen LogP contribution < -0.4 is 9.92 Å². The van der Waals surface area contributed by atoms with Gasteiger partial charge in [0.25, 0.3) is 0 Å². The van der Waals surface area contributed by atoms with Crippen molar-refractivity contribution in [2.75, 3.05) is 0 Å². The molecule has 28 heavy (non-hydrogen) atoms. The summed E-state index contributed by atoms with van der Waals surface area (Å²) in [5.74, 6) is -0.927. The summed E-state index contributed by atoms with van der Waals surface area (Å²) in [5.41, 5.74) is -0.258. The Hall–Kier alpha value is -2.79. The molecule has 0 fully saturated rings. The number of hydrogen-bond donors (Lipinski definition) is 0. The molecule has 0 radical (unpaired) electrons. The molecule has 0 aromatic heterocycles. The Morgan fingerprint density at radius 2 is 1.46 bits per heavy atom. The van der Waals surface area contributed by atoms with Crippen LogP contribution in [0.1, 0.15) is 5.56 Å². The van der Waals surface area contributed by atoms with Gasteiger partial charge in [-0.05, 0) is 29.8 Å². The van der Waals surface area contributed by atoms with Crippen LogP contribution in [0, 0.1) is 5.82 Å². The maximum absolute atomic E-state index is 14.9. The van der Waals surface area contributed by atoms with Crippen molar-refractivity contribution >= 4 is 13.3 Å². The third kappa shape index (κ3) is 4.54. The number of allylic oxidation sites excluding steroid dienone is 1. The van der Waals surface area contributed by atoms with Crippen LogP contribution in [-0.2, 0) is 6.42 Å². The lowest BCUT2D eigenvalue weighted by Gasteiger charge is -2.21. The predicted octanol–water partition coefficient (Wildman–Crippen LogP) is 6.47. The molecule has 0 unspecified atom stereocenters. The summed E-state index contributed by atoms with van der Waals surface area (Å²) in [6.07, 6.45) is -0.249. The Kier molecular flexibility index (Phi) is 6.04. The molecule has 0 N–H and O–H groups in total. The van der Waals surface area contributed by atoms with Gasteiger partial charge in [-0.2, -0.15) is 0 Å². The molecule has 0 bridgehead atoms. The van der Waals surface area contributed by atoms with Gasteiger partial charge in [0.05, 0.1) is 0 Å². The van der Waals surface area contributed by atoms with Crippen molar-refractivity contribution in [1.29, 1.82) is 0 Å². The Balaban J connectivity index is 1.84. The third-order valence-corrected chi connectivity index (χ3v) is 7.75. The lowest BCUT2D eigenvalue weighted by Crippen LogP contribution is -2.43. The van der Waals surface area contributed by atoms with Gasteiger partial charge in [0.1, 0.15) is 17.0 Å². The average Bonchev–Trinajstić information content (AvgIpc) is 2.71. The van der Waals surface area contributed by atoms with E-state index in [2.05, 4.69) is 0 Å². The van der Waals surface area contributed by atoms with Gasteiger partial charge >= 0.3 is 0 Å². The van der Waals surface area contributed by atoms with Crippen LogP contribution in [0.5, 0.6) is 11.5 Å². The van der Waals surface area contributed by atoms with E-state index in [-0.39, 0.29) is 12.2 Å². The molecule has 0 aliphatic carbocycles. The molecule has 0 saturated heterocycles. The van der Waals surface area contributed by atoms with E-state index < -0.39 is 25.2 Å². The van der Waals surface area contributed by atoms with Gasteiger partial charge in [0.15, 0.2) is 19.6 Å². The van der Waals surface area contributed by atoms with Crippen LogP contribution in [-0.4, -0.2) is 8.07 Å². The van der Waals surface area contributed by atoms with E-state index in [9.17, 15) is 13.2 Å². The number of ether oxygens (including phenoxy) is 1. The molecule has 0 amide bonds. The van der Waals surface area contributed by atoms with Crippen molar-refractivity contribution in [1.82, 2.24) is 0 Å². The minimum atomic E-state index is -2.75. The maximum Gasteiger partial charge on any atom is 0.165 e. The van der Waals surface area contributed by atoms with Gasteiger partial charge in [-0.25, -0.2) is 13.2 Å². The van der Waals surface area contributed by atoms with E-state index in [0.717, 1.165) is 5.19 Å². The SMILES string of the molecule is C[Si](C)(C(F)=C(F)Cc1ccc(F)c(Oc2ccccc2)c1)c1ccccc1. The molecule has 0 heterocycles. The summed E-state index contributed by atoms with van der Waals surface area (Å²) in [6.45, 7) is 3.54. The Morgan fingerprint density at radius 3 is 2.11 bits per heavy atom. The van der Waals surface area contributed by atoms with Crippen LogP contribution in [0.25, 0.3) is 0 Å². The van der Waals surface area contributed by atoms with E-state index in [1.54, 1.807) is 37.4 Å². The molecule has 3 rings (SSSR count). The highest BCUT2D eigenvalue weighted by molar-refractivity contribution is 6.95. The first-order chi connectivity index (χ1) is 13.4. The van der Waals surface area contributed by atoms with E-state index in [4.69, 9.17) is 4.74 Å². The van der Waals surface area contributed by atoms with Crippen LogP contribution >= 0.6 is 0 Å². The van der Waals surface area contributed by atoms with Gasteiger partial charge in [0, 0.05) is 6.42 Å². The Morgan fingerprint density at radius 1 is 0.857 bits per heavy atom. The van der Waals surface area contributed by atoms with Crippen LogP contribution in [0.15, 0.2) is 90.1 Å². The first-order valence-electron chi connectivity index (χ1n) is 8.99. The fourth-order valence-corrected chi connectivity index (χ4v) is 4.97. The third-order valence-electron chi connectivity index (χ3n) is 4.61. The molecule has 1 nitrogen and oxygen atoms in total. The highest BCUT2D eigenvalue weighted by atomic mass is 28.3. The molecule has 0 atom stereocenters. The minimum absolute atomic E-state index is 0.0172. The number of rotatable bonds is 6. The lowest BCUT2D eigenvalue weighted by atomic mass is 10.1. The normalized spacial score (nSPS) is 12.5. The lowest BCUT2D eigenvalue weighted by molar-refractivity contribution is 0.441. The largest absolute Gasteiger partial charge is 0.454 e. The summed E-state index contributed by atoms with van der Waals surface area (Å²) in [6, 6.07) is 21.9. The second-order valence-corrected chi connectivity index (χ2v) is 11.3. The number of halogens is 3. The molecule has 0 aliphatic heterocycles. The number of benzene rings is 3. The fraction of sp³-hybridized carbons (Fsp3) is 0.130. The highest BCUT2D eigenvalue weighted by Gasteiger charge is 2.32. The molecule has 0 saturated carbocycles. The second-order valence-electron chi connectivity index (χ2n) is 7.07. The fourth-order valence-electron chi connectivity index (χ4n) is 2.93. The van der Waals surface area contributed by atoms with Gasteiger partial charge in [-0.15, -0.1) is 0 Å². The van der Waals surface area contributed by atoms with Gasteiger partial charge in [-0.1, -0.05) is 72.9 Å². The van der Waals surface area contributed by atoms with Gasteiger partial charge < -0.3 is 4.74 Å². The molecule has 0 aliphatic rings. The maximum atomic E-state index is 14.9. The predicted molar refractivity (Wildman–Crippen MR) is 109 cm³/mol. The van der Waals surface area contributed by atoms with E-state index >= 15 is 0 Å². The topological polar surface area (TPSA) is 9.23 Å². The zero-order valence-electron chi connectivity index (χ0n) is 15.8. The highest BCUT2D eigenvalue weighted by Crippen LogP contribution is 2.28. The summed E-state index contributed by atoms with van der Waals surface area (Å²) in [5, 5.41) is 0.815. The smallest absolute Gasteiger partial charge is 0.165 e. The average molecular weight is 399 g/mol. The molecule has 144 valence electrons. The molecule has 3 aromatic carbocycles. The molecular formula is C23H21F3OSi. The quantitative estimate of drug-likeness (QED) is 0.433. The van der Waals surface area contributed by atoms with Crippen molar-refractivity contribution in [2.45, 2.75) is 19.5 Å². The standard InChI is InChI=1S/C23H21F3OSi/c1-28(2,19-11-7-4-8-12-19)23(26)21(25)15-17-13-14-20(24)22(16-17)27-18-9-5-3-6-10-18/h3-14,16H,15H2,1-2H3. The summed E-state index contributed by atoms with van der Waals surface area (Å²) < 4.78 is 49.3. The van der Waals surface area contributed by atoms with Crippen molar-refractivity contribution < 1.29 is 17.9 Å². The zero-order chi connectivity index (χ0) is 20.1. The second kappa shape index (κ2) is 8.48. The minimum Gasteiger partial charge on any atom is -0.454 e. The monoisotopic (exact) mass is 398 g/mol. The summed E-state index contributed by atoms with van der Waals surface area (Å²) in [4.78, 5) is 0. The Labute approximate surface area is 164 Å². The van der Waals surface area contributed by atoms with Crippen LogP contribution in [0.4, 0.5) is 13.2 Å². The van der Waals surface area contributed by atoms with Crippen molar-refractivity contribution in [2.24, 2.45) is 0 Å². The van der Waals surface area contributed by atoms with Crippen molar-refractivity contribution in [3.63, 3.8) is 0 Å². The van der Waals surface area contributed by atoms with E-state index in [1.807, 2.05) is 36.4 Å². The molecule has 0 spiro atoms. The summed E-state index contributed by atoms with van der Waals surface area (Å²) in [7, 11) is -2.75. The molecule has 3 aromatic rings. The first-order valence-corrected chi connectivity index (χ1v) is 12.0. The van der Waals surface area contributed by atoms with Crippen molar-refractivity contribution in [3.8, 4) is 11.5 Å². The van der Waals surface area contributed by atoms with Gasteiger partial charge in [-0.3, -0.25) is 0 Å². The summed E-state index contributed by atoms with van der Waals surface area (Å²) >= 11 is 0. The van der Waals surface area contributed by atoms with Gasteiger partial charge in [0.2, 0.25) is 0 Å². The Bertz CT molecular complexity index is 970. The van der Waals surface area contributed by atoms with Crippen LogP contribution in [0.2, 0.25) is 13.1 Å². The van der Waals surface area contributed by atoms with E-state index in [1.165, 1.54) is 18.2 Å². The molecule has 5 heteroatoms. The zero-order valence-corrected chi connectivity index (χ0v) is 16.8. The van der Waals surface area contributed by atoms with Crippen molar-refractivity contribution in [3.05, 3.63) is 102 Å². The van der Waals surface area contributed by atoms with Crippen LogP contribution in [0.3, 0.4) is 0 Å². The number of hydrogen-bond acceptors (Lipinski definition) is 1.